The average molecular weight is 340 g/mol. The van der Waals surface area contributed by atoms with Gasteiger partial charge in [-0.2, -0.15) is 0 Å². The highest BCUT2D eigenvalue weighted by Crippen LogP contribution is 2.12. The first-order valence-corrected chi connectivity index (χ1v) is 8.90. The lowest BCUT2D eigenvalue weighted by Crippen LogP contribution is -2.30. The van der Waals surface area contributed by atoms with Crippen LogP contribution >= 0.6 is 0 Å². The highest BCUT2D eigenvalue weighted by molar-refractivity contribution is 6.59. The predicted octanol–water partition coefficient (Wildman–Crippen LogP) is 0.346. The van der Waals surface area contributed by atoms with E-state index < -0.39 is 14.2 Å². The summed E-state index contributed by atoms with van der Waals surface area (Å²) in [5, 5.41) is 37.7. The third kappa shape index (κ3) is 5.72. The van der Waals surface area contributed by atoms with Gasteiger partial charge in [-0.25, -0.2) is 0 Å². The van der Waals surface area contributed by atoms with Gasteiger partial charge < -0.3 is 20.1 Å². The Morgan fingerprint density at radius 3 is 1.28 bits per heavy atom. The van der Waals surface area contributed by atoms with Crippen LogP contribution in [0.15, 0.2) is 36.4 Å². The highest BCUT2D eigenvalue weighted by Gasteiger charge is 2.14. The van der Waals surface area contributed by atoms with Crippen LogP contribution in [0.1, 0.15) is 42.5 Å². The minimum absolute atomic E-state index is 0.535. The molecule has 0 aliphatic heterocycles. The topological polar surface area (TPSA) is 80.9 Å². The monoisotopic (exact) mass is 340 g/mol. The van der Waals surface area contributed by atoms with Crippen LogP contribution in [0.4, 0.5) is 0 Å². The summed E-state index contributed by atoms with van der Waals surface area (Å²) in [6.45, 7) is 4.09. The Balaban J connectivity index is 2.08. The zero-order valence-electron chi connectivity index (χ0n) is 14.9. The van der Waals surface area contributed by atoms with Crippen molar-refractivity contribution >= 4 is 25.2 Å². The van der Waals surface area contributed by atoms with Crippen LogP contribution in [-0.4, -0.2) is 34.3 Å². The summed E-state index contributed by atoms with van der Waals surface area (Å²) in [5.41, 5.74) is 5.45. The van der Waals surface area contributed by atoms with E-state index in [4.69, 9.17) is 0 Å². The van der Waals surface area contributed by atoms with E-state index in [1.807, 2.05) is 38.1 Å². The van der Waals surface area contributed by atoms with E-state index >= 15 is 0 Å². The molecule has 4 N–H and O–H groups in total. The van der Waals surface area contributed by atoms with Crippen molar-refractivity contribution in [3.63, 3.8) is 0 Å². The fourth-order valence-electron chi connectivity index (χ4n) is 3.07. The van der Waals surface area contributed by atoms with Crippen molar-refractivity contribution in [1.29, 1.82) is 0 Å². The lowest BCUT2D eigenvalue weighted by atomic mass is 9.77. The van der Waals surface area contributed by atoms with Gasteiger partial charge in [0, 0.05) is 0 Å². The maximum atomic E-state index is 9.42. The summed E-state index contributed by atoms with van der Waals surface area (Å²) in [6, 6.07) is 11.6. The van der Waals surface area contributed by atoms with Crippen molar-refractivity contribution < 1.29 is 20.1 Å². The maximum absolute atomic E-state index is 9.42. The molecule has 0 aromatic heterocycles. The number of aryl methyl sites for hydroxylation is 4. The van der Waals surface area contributed by atoms with Gasteiger partial charge in [0.2, 0.25) is 0 Å². The average Bonchev–Trinajstić information content (AvgIpc) is 2.60. The van der Waals surface area contributed by atoms with Gasteiger partial charge in [-0.3, -0.25) is 0 Å². The standard InChI is InChI=1S/C19H26B2O4/c1-3-14-8-16(12-18(10-14)20(22)23)6-5-7-17-9-15(4-2)11-19(13-17)21(24)25/h8-13,22-25H,3-7H2,1-2H3. The fourth-order valence-corrected chi connectivity index (χ4v) is 3.07. The third-order valence-corrected chi connectivity index (χ3v) is 4.49. The van der Waals surface area contributed by atoms with E-state index in [-0.39, 0.29) is 0 Å². The van der Waals surface area contributed by atoms with E-state index in [9.17, 15) is 20.1 Å². The van der Waals surface area contributed by atoms with Crippen LogP contribution < -0.4 is 10.9 Å². The fraction of sp³-hybridized carbons (Fsp3) is 0.368. The van der Waals surface area contributed by atoms with Gasteiger partial charge in [-0.05, 0) is 65.3 Å². The molecule has 25 heavy (non-hydrogen) atoms. The van der Waals surface area contributed by atoms with Gasteiger partial charge in [0.1, 0.15) is 0 Å². The molecule has 132 valence electrons. The molecule has 0 atom stereocenters. The molecule has 0 saturated carbocycles. The Kier molecular flexibility index (Phi) is 7.26. The van der Waals surface area contributed by atoms with E-state index in [2.05, 4.69) is 12.1 Å². The lowest BCUT2D eigenvalue weighted by molar-refractivity contribution is 0.424. The smallest absolute Gasteiger partial charge is 0.423 e. The van der Waals surface area contributed by atoms with Crippen molar-refractivity contribution in [2.24, 2.45) is 0 Å². The molecular formula is C19H26B2O4. The lowest BCUT2D eigenvalue weighted by Gasteiger charge is -2.10. The van der Waals surface area contributed by atoms with Crippen molar-refractivity contribution in [2.75, 3.05) is 0 Å². The van der Waals surface area contributed by atoms with Crippen LogP contribution in [-0.2, 0) is 25.7 Å². The van der Waals surface area contributed by atoms with Gasteiger partial charge in [-0.1, -0.05) is 50.2 Å². The van der Waals surface area contributed by atoms with E-state index in [1.54, 1.807) is 0 Å². The van der Waals surface area contributed by atoms with Gasteiger partial charge in [0.25, 0.3) is 0 Å². The Morgan fingerprint density at radius 1 is 0.600 bits per heavy atom. The molecule has 2 aromatic rings. The molecule has 0 saturated heterocycles. The molecule has 0 fully saturated rings. The second-order valence-electron chi connectivity index (χ2n) is 6.47. The first kappa shape index (κ1) is 19.7. The quantitative estimate of drug-likeness (QED) is 0.523. The Labute approximate surface area is 150 Å². The zero-order valence-corrected chi connectivity index (χ0v) is 14.9. The molecule has 0 spiro atoms. The molecule has 0 amide bonds. The normalized spacial score (nSPS) is 10.8. The molecule has 0 unspecified atom stereocenters. The van der Waals surface area contributed by atoms with Gasteiger partial charge in [0.05, 0.1) is 0 Å². The second-order valence-corrected chi connectivity index (χ2v) is 6.47. The van der Waals surface area contributed by atoms with Crippen LogP contribution in [0.3, 0.4) is 0 Å². The van der Waals surface area contributed by atoms with Crippen LogP contribution in [0.25, 0.3) is 0 Å². The SMILES string of the molecule is CCc1cc(CCCc2cc(CC)cc(B(O)O)c2)cc(B(O)O)c1. The Bertz CT molecular complexity index is 642. The van der Waals surface area contributed by atoms with Gasteiger partial charge in [-0.15, -0.1) is 0 Å². The van der Waals surface area contributed by atoms with E-state index in [1.165, 1.54) is 0 Å². The second kappa shape index (κ2) is 9.20. The van der Waals surface area contributed by atoms with Crippen molar-refractivity contribution in [2.45, 2.75) is 46.0 Å². The van der Waals surface area contributed by atoms with Crippen LogP contribution in [0, 0.1) is 0 Å². The molecule has 0 aliphatic carbocycles. The van der Waals surface area contributed by atoms with Crippen molar-refractivity contribution in [3.05, 3.63) is 58.7 Å². The van der Waals surface area contributed by atoms with Crippen LogP contribution in [0.2, 0.25) is 0 Å². The number of hydrogen-bond acceptors (Lipinski definition) is 4. The van der Waals surface area contributed by atoms with Gasteiger partial charge >= 0.3 is 14.2 Å². The highest BCUT2D eigenvalue weighted by atomic mass is 16.4. The molecule has 6 heteroatoms. The largest absolute Gasteiger partial charge is 0.488 e. The summed E-state index contributed by atoms with van der Waals surface area (Å²) in [7, 11) is -2.89. The molecular weight excluding hydrogens is 314 g/mol. The first-order valence-electron chi connectivity index (χ1n) is 8.90. The van der Waals surface area contributed by atoms with Gasteiger partial charge in [0.15, 0.2) is 0 Å². The Morgan fingerprint density at radius 2 is 0.960 bits per heavy atom. The number of hydrogen-bond donors (Lipinski definition) is 4. The minimum atomic E-state index is -1.44. The van der Waals surface area contributed by atoms with Crippen molar-refractivity contribution in [3.8, 4) is 0 Å². The zero-order chi connectivity index (χ0) is 18.4. The first-order chi connectivity index (χ1) is 11.9. The van der Waals surface area contributed by atoms with E-state index in [0.29, 0.717) is 10.9 Å². The minimum Gasteiger partial charge on any atom is -0.423 e. The summed E-state index contributed by atoms with van der Waals surface area (Å²) >= 11 is 0. The summed E-state index contributed by atoms with van der Waals surface area (Å²) in [5.74, 6) is 0. The Hall–Kier alpha value is -1.59. The van der Waals surface area contributed by atoms with Crippen molar-refractivity contribution in [1.82, 2.24) is 0 Å². The molecule has 2 aromatic carbocycles. The summed E-state index contributed by atoms with van der Waals surface area (Å²) in [4.78, 5) is 0. The predicted molar refractivity (Wildman–Crippen MR) is 103 cm³/mol. The summed E-state index contributed by atoms with van der Waals surface area (Å²) < 4.78 is 0. The maximum Gasteiger partial charge on any atom is 0.488 e. The van der Waals surface area contributed by atoms with Crippen LogP contribution in [0.5, 0.6) is 0 Å². The molecule has 0 bridgehead atoms. The molecule has 0 heterocycles. The molecule has 4 nitrogen and oxygen atoms in total. The van der Waals surface area contributed by atoms with E-state index in [0.717, 1.165) is 54.4 Å². The number of benzene rings is 2. The molecule has 0 aliphatic rings. The summed E-state index contributed by atoms with van der Waals surface area (Å²) in [6.07, 6.45) is 4.28. The number of rotatable bonds is 8. The third-order valence-electron chi connectivity index (χ3n) is 4.49. The molecule has 0 radical (unpaired) electrons. The molecule has 2 rings (SSSR count).